The van der Waals surface area contributed by atoms with E-state index in [0.29, 0.717) is 13.2 Å². The van der Waals surface area contributed by atoms with Gasteiger partial charge in [0.25, 0.3) is 0 Å². The summed E-state index contributed by atoms with van der Waals surface area (Å²) in [4.78, 5) is 27.7. The summed E-state index contributed by atoms with van der Waals surface area (Å²) in [6, 6.07) is 7.80. The number of nitrogens with zero attached hydrogens (tertiary/aromatic N) is 2. The molecule has 3 rings (SSSR count). The molecule has 1 saturated carbocycles. The van der Waals surface area contributed by atoms with Crippen LogP contribution in [-0.4, -0.2) is 49.3 Å². The van der Waals surface area contributed by atoms with E-state index in [1.807, 2.05) is 31.2 Å². The number of nitrogens with two attached hydrogens (primary N) is 1. The quantitative estimate of drug-likeness (QED) is 0.864. The number of benzene rings is 1. The SMILES string of the molecule is CC(c1cccc(N2CCOC2=O)c1)N(C)C(=O)NC1CCCC(N)C1. The van der Waals surface area contributed by atoms with Crippen LogP contribution in [0, 0.1) is 0 Å². The third kappa shape index (κ3) is 4.09. The number of rotatable bonds is 4. The maximum atomic E-state index is 12.6. The molecule has 0 radical (unpaired) electrons. The van der Waals surface area contributed by atoms with Crippen molar-refractivity contribution < 1.29 is 14.3 Å². The second-order valence-electron chi connectivity index (χ2n) is 7.22. The van der Waals surface area contributed by atoms with Crippen LogP contribution in [0.1, 0.15) is 44.2 Å². The van der Waals surface area contributed by atoms with Crippen LogP contribution in [-0.2, 0) is 4.74 Å². The Kier molecular flexibility index (Phi) is 5.66. The zero-order valence-corrected chi connectivity index (χ0v) is 15.5. The van der Waals surface area contributed by atoms with Crippen molar-refractivity contribution in [2.75, 3.05) is 25.1 Å². The van der Waals surface area contributed by atoms with E-state index in [9.17, 15) is 9.59 Å². The summed E-state index contributed by atoms with van der Waals surface area (Å²) in [7, 11) is 1.79. The van der Waals surface area contributed by atoms with Crippen LogP contribution in [0.25, 0.3) is 0 Å². The van der Waals surface area contributed by atoms with E-state index < -0.39 is 0 Å². The molecule has 3 amide bonds. The first kappa shape index (κ1) is 18.5. The first-order valence-electron chi connectivity index (χ1n) is 9.29. The Hall–Kier alpha value is -2.28. The summed E-state index contributed by atoms with van der Waals surface area (Å²) in [6.45, 7) is 2.94. The molecule has 3 unspecified atom stereocenters. The molecule has 3 atom stereocenters. The molecule has 7 heteroatoms. The highest BCUT2D eigenvalue weighted by atomic mass is 16.6. The predicted molar refractivity (Wildman–Crippen MR) is 100 cm³/mol. The van der Waals surface area contributed by atoms with Crippen LogP contribution in [0.3, 0.4) is 0 Å². The van der Waals surface area contributed by atoms with E-state index in [2.05, 4.69) is 5.32 Å². The van der Waals surface area contributed by atoms with Gasteiger partial charge in [-0.25, -0.2) is 9.59 Å². The average molecular weight is 360 g/mol. The Labute approximate surface area is 154 Å². The van der Waals surface area contributed by atoms with Crippen molar-refractivity contribution >= 4 is 17.8 Å². The summed E-state index contributed by atoms with van der Waals surface area (Å²) in [5, 5.41) is 3.10. The highest BCUT2D eigenvalue weighted by Gasteiger charge is 2.26. The van der Waals surface area contributed by atoms with E-state index in [1.54, 1.807) is 16.8 Å². The highest BCUT2D eigenvalue weighted by Crippen LogP contribution is 2.26. The molecular formula is C19H28N4O3. The minimum atomic E-state index is -0.325. The summed E-state index contributed by atoms with van der Waals surface area (Å²) >= 11 is 0. The van der Waals surface area contributed by atoms with Crippen molar-refractivity contribution in [2.24, 2.45) is 5.73 Å². The second kappa shape index (κ2) is 7.95. The molecule has 1 aromatic carbocycles. The number of carbonyl (C=O) groups is 2. The molecule has 0 aromatic heterocycles. The summed E-state index contributed by atoms with van der Waals surface area (Å²) in [6.07, 6.45) is 3.58. The minimum Gasteiger partial charge on any atom is -0.447 e. The van der Waals surface area contributed by atoms with E-state index >= 15 is 0 Å². The molecule has 0 spiro atoms. The fourth-order valence-electron chi connectivity index (χ4n) is 3.62. The fraction of sp³-hybridized carbons (Fsp3) is 0.579. The zero-order valence-electron chi connectivity index (χ0n) is 15.5. The third-order valence-corrected chi connectivity index (χ3v) is 5.37. The van der Waals surface area contributed by atoms with E-state index in [0.717, 1.165) is 36.9 Å². The van der Waals surface area contributed by atoms with Crippen LogP contribution in [0.15, 0.2) is 24.3 Å². The third-order valence-electron chi connectivity index (χ3n) is 5.37. The van der Waals surface area contributed by atoms with Gasteiger partial charge in [0.05, 0.1) is 12.6 Å². The normalized spacial score (nSPS) is 24.1. The van der Waals surface area contributed by atoms with Crippen LogP contribution in [0.4, 0.5) is 15.3 Å². The Balaban J connectivity index is 1.65. The lowest BCUT2D eigenvalue weighted by atomic mass is 9.92. The van der Waals surface area contributed by atoms with Gasteiger partial charge in [-0.3, -0.25) is 4.90 Å². The first-order chi connectivity index (χ1) is 12.5. The number of hydrogen-bond donors (Lipinski definition) is 2. The van der Waals surface area contributed by atoms with E-state index in [1.165, 1.54) is 0 Å². The molecule has 1 saturated heterocycles. The molecule has 1 aliphatic heterocycles. The molecule has 2 fully saturated rings. The molecule has 2 aliphatic rings. The van der Waals surface area contributed by atoms with Gasteiger partial charge in [-0.15, -0.1) is 0 Å². The van der Waals surface area contributed by atoms with Gasteiger partial charge in [0.2, 0.25) is 0 Å². The lowest BCUT2D eigenvalue weighted by molar-refractivity contribution is 0.180. The lowest BCUT2D eigenvalue weighted by Gasteiger charge is -2.31. The van der Waals surface area contributed by atoms with Gasteiger partial charge in [-0.05, 0) is 50.3 Å². The van der Waals surface area contributed by atoms with Crippen LogP contribution >= 0.6 is 0 Å². The molecule has 142 valence electrons. The first-order valence-corrected chi connectivity index (χ1v) is 9.29. The Morgan fingerprint density at radius 1 is 1.42 bits per heavy atom. The second-order valence-corrected chi connectivity index (χ2v) is 7.22. The van der Waals surface area contributed by atoms with Crippen LogP contribution in [0.2, 0.25) is 0 Å². The molecular weight excluding hydrogens is 332 g/mol. The van der Waals surface area contributed by atoms with Gasteiger partial charge in [-0.1, -0.05) is 12.1 Å². The van der Waals surface area contributed by atoms with E-state index in [-0.39, 0.29) is 30.2 Å². The summed E-state index contributed by atoms with van der Waals surface area (Å²) in [5.41, 5.74) is 7.78. The van der Waals surface area contributed by atoms with E-state index in [4.69, 9.17) is 10.5 Å². The predicted octanol–water partition coefficient (Wildman–Crippen LogP) is 2.62. The van der Waals surface area contributed by atoms with Crippen molar-refractivity contribution in [2.45, 2.75) is 50.7 Å². The Morgan fingerprint density at radius 3 is 2.92 bits per heavy atom. The van der Waals surface area contributed by atoms with Crippen molar-refractivity contribution in [1.82, 2.24) is 10.2 Å². The average Bonchev–Trinajstić information content (AvgIpc) is 3.06. The Bertz CT molecular complexity index is 666. The van der Waals surface area contributed by atoms with Crippen LogP contribution < -0.4 is 16.0 Å². The summed E-state index contributed by atoms with van der Waals surface area (Å²) < 4.78 is 5.00. The van der Waals surface area contributed by atoms with Gasteiger partial charge >= 0.3 is 12.1 Å². The van der Waals surface area contributed by atoms with Gasteiger partial charge in [-0.2, -0.15) is 0 Å². The van der Waals surface area contributed by atoms with Gasteiger partial charge in [0.1, 0.15) is 6.61 Å². The van der Waals surface area contributed by atoms with Gasteiger partial charge < -0.3 is 20.7 Å². The Morgan fingerprint density at radius 2 is 2.23 bits per heavy atom. The molecule has 0 bridgehead atoms. The largest absolute Gasteiger partial charge is 0.447 e. The topological polar surface area (TPSA) is 87.9 Å². The maximum Gasteiger partial charge on any atom is 0.414 e. The number of nitrogens with one attached hydrogen (secondary N) is 1. The van der Waals surface area contributed by atoms with Gasteiger partial charge in [0, 0.05) is 24.8 Å². The number of carbonyl (C=O) groups excluding carboxylic acids is 2. The standard InChI is InChI=1S/C19H28N4O3/c1-13(22(2)18(24)21-16-7-4-6-15(20)12-16)14-5-3-8-17(11-14)23-9-10-26-19(23)25/h3,5,8,11,13,15-16H,4,6-7,9-10,12,20H2,1-2H3,(H,21,24). The smallest absolute Gasteiger partial charge is 0.414 e. The lowest BCUT2D eigenvalue weighted by Crippen LogP contribution is -2.47. The van der Waals surface area contributed by atoms with Crippen molar-refractivity contribution in [3.8, 4) is 0 Å². The number of amides is 3. The molecule has 3 N–H and O–H groups in total. The molecule has 7 nitrogen and oxygen atoms in total. The number of urea groups is 1. The molecule has 1 aliphatic carbocycles. The highest BCUT2D eigenvalue weighted by molar-refractivity contribution is 5.89. The fourth-order valence-corrected chi connectivity index (χ4v) is 3.62. The molecule has 1 heterocycles. The minimum absolute atomic E-state index is 0.0948. The molecule has 26 heavy (non-hydrogen) atoms. The molecule has 1 aromatic rings. The maximum absolute atomic E-state index is 12.6. The van der Waals surface area contributed by atoms with Crippen LogP contribution in [0.5, 0.6) is 0 Å². The van der Waals surface area contributed by atoms with Crippen molar-refractivity contribution in [3.63, 3.8) is 0 Å². The summed E-state index contributed by atoms with van der Waals surface area (Å²) in [5.74, 6) is 0. The number of ether oxygens (including phenoxy) is 1. The van der Waals surface area contributed by atoms with Crippen molar-refractivity contribution in [3.05, 3.63) is 29.8 Å². The van der Waals surface area contributed by atoms with Crippen molar-refractivity contribution in [1.29, 1.82) is 0 Å². The number of anilines is 1. The van der Waals surface area contributed by atoms with Gasteiger partial charge in [0.15, 0.2) is 0 Å². The zero-order chi connectivity index (χ0) is 18.7. The number of hydrogen-bond acceptors (Lipinski definition) is 4. The monoisotopic (exact) mass is 360 g/mol. The number of cyclic esters (lactones) is 1.